The Morgan fingerprint density at radius 2 is 1.36 bits per heavy atom. The van der Waals surface area contributed by atoms with Crippen LogP contribution in [0.15, 0.2) is 77.8 Å². The van der Waals surface area contributed by atoms with Crippen LogP contribution in [0.4, 0.5) is 18.9 Å². The van der Waals surface area contributed by atoms with Gasteiger partial charge in [0, 0.05) is 77.1 Å². The third kappa shape index (κ3) is 3.55. The molecule has 4 aromatic carbocycles. The van der Waals surface area contributed by atoms with Gasteiger partial charge in [0.25, 0.3) is 0 Å². The number of halogens is 3. The average molecular weight is 637 g/mol. The van der Waals surface area contributed by atoms with Crippen LogP contribution in [0.2, 0.25) is 0 Å². The predicted molar refractivity (Wildman–Crippen MR) is 178 cm³/mol. The second-order valence-corrected chi connectivity index (χ2v) is 15.2. The Morgan fingerprint density at radius 3 is 2.02 bits per heavy atom. The van der Waals surface area contributed by atoms with Crippen molar-refractivity contribution in [2.24, 2.45) is 4.99 Å². The zero-order valence-electron chi connectivity index (χ0n) is 25.2. The van der Waals surface area contributed by atoms with Crippen LogP contribution in [0.1, 0.15) is 44.4 Å². The molecule has 3 aliphatic rings. The third-order valence-corrected chi connectivity index (χ3v) is 12.1. The van der Waals surface area contributed by atoms with E-state index >= 15 is 13.2 Å². The van der Waals surface area contributed by atoms with Crippen LogP contribution in [-0.2, 0) is 11.1 Å². The van der Waals surface area contributed by atoms with Gasteiger partial charge in [-0.05, 0) is 62.7 Å². The van der Waals surface area contributed by atoms with Gasteiger partial charge in [-0.2, -0.15) is 13.2 Å². The molecule has 6 aromatic rings. The largest absolute Gasteiger partial charge is 0.456 e. The van der Waals surface area contributed by atoms with Crippen molar-refractivity contribution < 1.29 is 17.9 Å². The third-order valence-electron chi connectivity index (χ3n) is 9.74. The Bertz CT molecular complexity index is 2430. The van der Waals surface area contributed by atoms with E-state index in [4.69, 9.17) is 9.73 Å². The van der Waals surface area contributed by atoms with Crippen molar-refractivity contribution in [1.29, 1.82) is 0 Å². The number of alkyl halides is 3. The number of nitrogens with zero attached hydrogens (tertiary/aromatic N) is 2. The second kappa shape index (κ2) is 8.56. The van der Waals surface area contributed by atoms with E-state index in [1.54, 1.807) is 46.9 Å². The molecule has 0 unspecified atom stereocenters. The predicted octanol–water partition coefficient (Wildman–Crippen LogP) is 9.87. The molecule has 0 spiro atoms. The Morgan fingerprint density at radius 1 is 0.733 bits per heavy atom. The van der Waals surface area contributed by atoms with Crippen molar-refractivity contribution in [1.82, 2.24) is 0 Å². The molecule has 0 atom stereocenters. The van der Waals surface area contributed by atoms with E-state index in [9.17, 15) is 0 Å². The standard InChI is InChI=1S/C37H27F3N2OS2/c1-35(2)31-18-10-6-8-12-28(18)44-33(31)20-14-22-26(16-24(20)41-35)43-27-17-25-21(15-23(27)30(22)37(38,39)40)34-32(36(3,4)42(25)5)19-11-7-9-13-29(19)45-34/h6-17H,1-5H3. The minimum atomic E-state index is -4.62. The van der Waals surface area contributed by atoms with E-state index in [0.717, 1.165) is 52.3 Å². The molecule has 3 nitrogen and oxygen atoms in total. The Balaban J connectivity index is 1.36. The molecule has 0 aliphatic carbocycles. The fourth-order valence-electron chi connectivity index (χ4n) is 7.51. The van der Waals surface area contributed by atoms with Gasteiger partial charge in [0.1, 0.15) is 11.5 Å². The van der Waals surface area contributed by atoms with Gasteiger partial charge >= 0.3 is 6.18 Å². The van der Waals surface area contributed by atoms with Gasteiger partial charge in [0.2, 0.25) is 0 Å². The van der Waals surface area contributed by atoms with E-state index in [-0.39, 0.29) is 27.8 Å². The quantitative estimate of drug-likeness (QED) is 0.166. The molecule has 3 aliphatic heterocycles. The molecule has 45 heavy (non-hydrogen) atoms. The van der Waals surface area contributed by atoms with Gasteiger partial charge in [-0.3, -0.25) is 4.99 Å². The summed E-state index contributed by atoms with van der Waals surface area (Å²) in [5, 5.41) is 2.92. The topological polar surface area (TPSA) is 24.8 Å². The molecule has 0 saturated heterocycles. The van der Waals surface area contributed by atoms with Crippen LogP contribution < -0.4 is 20.2 Å². The molecular weight excluding hydrogens is 610 g/mol. The molecular formula is C37H27F3N2OS2. The number of hydrogen-bond acceptors (Lipinski definition) is 5. The minimum Gasteiger partial charge on any atom is -0.456 e. The molecule has 0 amide bonds. The average Bonchev–Trinajstić information content (AvgIpc) is 3.57. The summed E-state index contributed by atoms with van der Waals surface area (Å²) in [6, 6.07) is 23.2. The summed E-state index contributed by atoms with van der Waals surface area (Å²) in [5.41, 5.74) is 3.01. The Kier molecular flexibility index (Phi) is 5.17. The SMILES string of the molecule is CN1c2cc3c(cc2-c2sc4ccccc4c2C1(C)C)C(C(F)(F)F)=c1cc2c(cc1O3)=NC(C)(C)c1c-2sc2ccccc12. The van der Waals surface area contributed by atoms with Crippen molar-refractivity contribution in [3.05, 3.63) is 100 Å². The molecule has 2 aromatic heterocycles. The number of benzene rings is 4. The number of rotatable bonds is 0. The molecule has 0 bridgehead atoms. The molecule has 8 heteroatoms. The van der Waals surface area contributed by atoms with Gasteiger partial charge in [-0.25, -0.2) is 0 Å². The lowest BCUT2D eigenvalue weighted by atomic mass is 9.82. The van der Waals surface area contributed by atoms with Crippen LogP contribution in [-0.4, -0.2) is 13.2 Å². The van der Waals surface area contributed by atoms with Gasteiger partial charge < -0.3 is 9.64 Å². The number of thiophene rings is 2. The molecule has 0 fully saturated rings. The highest BCUT2D eigenvalue weighted by atomic mass is 32.1. The number of ether oxygens (including phenoxy) is 1. The van der Waals surface area contributed by atoms with Crippen molar-refractivity contribution >= 4 is 54.1 Å². The van der Waals surface area contributed by atoms with Gasteiger partial charge in [0.15, 0.2) is 0 Å². The van der Waals surface area contributed by atoms with Crippen molar-refractivity contribution in [3.8, 4) is 32.4 Å². The first-order valence-electron chi connectivity index (χ1n) is 14.8. The molecule has 224 valence electrons. The maximum Gasteiger partial charge on any atom is 0.417 e. The summed E-state index contributed by atoms with van der Waals surface area (Å²) in [6.07, 6.45) is -4.62. The Hall–Kier alpha value is -4.14. The molecule has 0 N–H and O–H groups in total. The first kappa shape index (κ1) is 27.2. The zero-order valence-corrected chi connectivity index (χ0v) is 26.8. The maximum atomic E-state index is 15.3. The first-order chi connectivity index (χ1) is 21.3. The Labute approximate surface area is 265 Å². The van der Waals surface area contributed by atoms with Crippen LogP contribution in [0, 0.1) is 0 Å². The van der Waals surface area contributed by atoms with E-state index in [1.165, 1.54) is 0 Å². The van der Waals surface area contributed by atoms with Crippen molar-refractivity contribution in [2.75, 3.05) is 11.9 Å². The molecule has 9 rings (SSSR count). The summed E-state index contributed by atoms with van der Waals surface area (Å²) in [6.45, 7) is 8.44. The monoisotopic (exact) mass is 636 g/mol. The second-order valence-electron chi connectivity index (χ2n) is 13.1. The summed E-state index contributed by atoms with van der Waals surface area (Å²) < 4.78 is 54.5. The number of anilines is 1. The van der Waals surface area contributed by atoms with E-state index in [1.807, 2.05) is 31.3 Å². The first-order valence-corrected chi connectivity index (χ1v) is 16.5. The van der Waals surface area contributed by atoms with Crippen LogP contribution in [0.5, 0.6) is 11.5 Å². The van der Waals surface area contributed by atoms with E-state index in [2.05, 4.69) is 56.9 Å². The number of fused-ring (bicyclic) bond motifs is 12. The summed E-state index contributed by atoms with van der Waals surface area (Å²) >= 11 is 3.24. The smallest absolute Gasteiger partial charge is 0.417 e. The van der Waals surface area contributed by atoms with Gasteiger partial charge in [-0.15, -0.1) is 22.7 Å². The zero-order chi connectivity index (χ0) is 31.2. The lowest BCUT2D eigenvalue weighted by molar-refractivity contribution is -0.0698. The van der Waals surface area contributed by atoms with Crippen LogP contribution >= 0.6 is 22.7 Å². The maximum absolute atomic E-state index is 15.3. The minimum absolute atomic E-state index is 0.0491. The van der Waals surface area contributed by atoms with Gasteiger partial charge in [-0.1, -0.05) is 36.4 Å². The lowest BCUT2D eigenvalue weighted by Crippen LogP contribution is -2.41. The fourth-order valence-corrected chi connectivity index (χ4v) is 10.3. The highest BCUT2D eigenvalue weighted by Crippen LogP contribution is 2.56. The van der Waals surface area contributed by atoms with E-state index < -0.39 is 17.3 Å². The summed E-state index contributed by atoms with van der Waals surface area (Å²) in [5.74, 6) is 0.385. The molecule has 5 heterocycles. The highest BCUT2D eigenvalue weighted by molar-refractivity contribution is 7.23. The lowest BCUT2D eigenvalue weighted by Gasteiger charge is -2.43. The van der Waals surface area contributed by atoms with E-state index in [0.29, 0.717) is 10.9 Å². The highest BCUT2D eigenvalue weighted by Gasteiger charge is 2.44. The van der Waals surface area contributed by atoms with Crippen molar-refractivity contribution in [3.63, 3.8) is 0 Å². The fraction of sp³-hybridized carbons (Fsp3) is 0.216. The number of hydrogen-bond donors (Lipinski definition) is 0. The molecule has 0 radical (unpaired) electrons. The van der Waals surface area contributed by atoms with Crippen molar-refractivity contribution in [2.45, 2.75) is 44.9 Å². The summed E-state index contributed by atoms with van der Waals surface area (Å²) in [7, 11) is 2.01. The van der Waals surface area contributed by atoms with Crippen LogP contribution in [0.3, 0.4) is 0 Å². The van der Waals surface area contributed by atoms with Crippen LogP contribution in [0.25, 0.3) is 46.6 Å². The molecule has 0 saturated carbocycles. The summed E-state index contributed by atoms with van der Waals surface area (Å²) in [4.78, 5) is 9.19. The normalized spacial score (nSPS) is 17.1. The van der Waals surface area contributed by atoms with Gasteiger partial charge in [0.05, 0.1) is 22.0 Å².